The quantitative estimate of drug-likeness (QED) is 0.440. The minimum atomic E-state index is -0.467. The first-order chi connectivity index (χ1) is 9.58. The fourth-order valence-corrected chi connectivity index (χ4v) is 2.34. The van der Waals surface area contributed by atoms with Gasteiger partial charge in [0.05, 0.1) is 16.9 Å². The summed E-state index contributed by atoms with van der Waals surface area (Å²) in [6.07, 6.45) is 3.51. The van der Waals surface area contributed by atoms with Crippen molar-refractivity contribution in [1.82, 2.24) is 9.97 Å². The number of aromatic amines is 1. The fourth-order valence-electron chi connectivity index (χ4n) is 2.34. The zero-order valence-corrected chi connectivity index (χ0v) is 10.8. The van der Waals surface area contributed by atoms with E-state index in [1.54, 1.807) is 12.4 Å². The van der Waals surface area contributed by atoms with Crippen molar-refractivity contribution in [3.8, 4) is 0 Å². The van der Waals surface area contributed by atoms with Crippen LogP contribution < -0.4 is 11.1 Å². The van der Waals surface area contributed by atoms with Crippen molar-refractivity contribution in [2.24, 2.45) is 0 Å². The van der Waals surface area contributed by atoms with Crippen molar-refractivity contribution >= 4 is 28.7 Å². The Hall–Kier alpha value is -2.83. The van der Waals surface area contributed by atoms with Gasteiger partial charge in [0.2, 0.25) is 0 Å². The molecule has 7 heteroatoms. The molecule has 0 radical (unpaired) electrons. The van der Waals surface area contributed by atoms with E-state index in [1.807, 2.05) is 13.0 Å². The van der Waals surface area contributed by atoms with E-state index in [0.717, 1.165) is 22.6 Å². The Kier molecular flexibility index (Phi) is 2.67. The standard InChI is InChI=1S/C13H13N5O2/c1-7-10(17-6-16-7)4-8-5-15-9-2-3-11(18(19)20)13(14)12(8)9/h2-4,6,15H,5,14H2,1H3,(H,16,17)/b8-4+. The first-order valence-corrected chi connectivity index (χ1v) is 6.09. The largest absolute Gasteiger partial charge is 0.393 e. The van der Waals surface area contributed by atoms with Gasteiger partial charge in [-0.1, -0.05) is 0 Å². The summed E-state index contributed by atoms with van der Waals surface area (Å²) in [5.41, 5.74) is 10.2. The van der Waals surface area contributed by atoms with Gasteiger partial charge in [0.1, 0.15) is 5.69 Å². The van der Waals surface area contributed by atoms with Gasteiger partial charge >= 0.3 is 0 Å². The van der Waals surface area contributed by atoms with Crippen molar-refractivity contribution in [2.75, 3.05) is 17.6 Å². The van der Waals surface area contributed by atoms with Gasteiger partial charge in [-0.25, -0.2) is 4.98 Å². The van der Waals surface area contributed by atoms with Crippen LogP contribution in [0.2, 0.25) is 0 Å². The number of aromatic nitrogens is 2. The third-order valence-corrected chi connectivity index (χ3v) is 3.39. The molecule has 0 amide bonds. The minimum absolute atomic E-state index is 0.0721. The molecular weight excluding hydrogens is 258 g/mol. The van der Waals surface area contributed by atoms with Crippen LogP contribution in [-0.2, 0) is 0 Å². The maximum absolute atomic E-state index is 11.0. The number of nitro groups is 1. The van der Waals surface area contributed by atoms with Gasteiger partial charge in [0.15, 0.2) is 0 Å². The Bertz CT molecular complexity index is 732. The molecule has 0 bridgehead atoms. The van der Waals surface area contributed by atoms with Crippen LogP contribution in [-0.4, -0.2) is 21.4 Å². The van der Waals surface area contributed by atoms with Crippen molar-refractivity contribution in [1.29, 1.82) is 0 Å². The van der Waals surface area contributed by atoms with Crippen LogP contribution in [0, 0.1) is 17.0 Å². The molecule has 0 saturated carbocycles. The number of anilines is 2. The van der Waals surface area contributed by atoms with Crippen LogP contribution in [0.5, 0.6) is 0 Å². The Morgan fingerprint density at radius 2 is 2.30 bits per heavy atom. The first-order valence-electron chi connectivity index (χ1n) is 6.09. The molecule has 0 saturated heterocycles. The van der Waals surface area contributed by atoms with Crippen LogP contribution in [0.25, 0.3) is 11.6 Å². The number of fused-ring (bicyclic) bond motifs is 1. The summed E-state index contributed by atoms with van der Waals surface area (Å²) in [7, 11) is 0. The molecule has 1 aromatic carbocycles. The molecule has 102 valence electrons. The second-order valence-corrected chi connectivity index (χ2v) is 4.61. The van der Waals surface area contributed by atoms with Crippen LogP contribution in [0.1, 0.15) is 17.0 Å². The normalized spacial score (nSPS) is 15.2. The number of hydrogen-bond acceptors (Lipinski definition) is 5. The van der Waals surface area contributed by atoms with Crippen molar-refractivity contribution < 1.29 is 4.92 Å². The molecule has 0 spiro atoms. The lowest BCUT2D eigenvalue weighted by Crippen LogP contribution is -1.98. The summed E-state index contributed by atoms with van der Waals surface area (Å²) < 4.78 is 0. The van der Waals surface area contributed by atoms with E-state index in [1.165, 1.54) is 6.07 Å². The Morgan fingerprint density at radius 3 is 2.95 bits per heavy atom. The lowest BCUT2D eigenvalue weighted by Gasteiger charge is -2.05. The number of H-pyrrole nitrogens is 1. The van der Waals surface area contributed by atoms with Gasteiger partial charge in [-0.05, 0) is 24.6 Å². The van der Waals surface area contributed by atoms with Crippen LogP contribution in [0.15, 0.2) is 18.5 Å². The zero-order chi connectivity index (χ0) is 14.3. The van der Waals surface area contributed by atoms with E-state index >= 15 is 0 Å². The predicted molar refractivity (Wildman–Crippen MR) is 77.2 cm³/mol. The smallest absolute Gasteiger partial charge is 0.292 e. The molecule has 1 aliphatic heterocycles. The lowest BCUT2D eigenvalue weighted by molar-refractivity contribution is -0.383. The van der Waals surface area contributed by atoms with Gasteiger partial charge < -0.3 is 16.0 Å². The molecule has 2 heterocycles. The highest BCUT2D eigenvalue weighted by Gasteiger charge is 2.25. The van der Waals surface area contributed by atoms with Gasteiger partial charge in [0.25, 0.3) is 5.69 Å². The number of nitrogens with two attached hydrogens (primary N) is 1. The van der Waals surface area contributed by atoms with E-state index < -0.39 is 4.92 Å². The lowest BCUT2D eigenvalue weighted by atomic mass is 10.0. The zero-order valence-electron chi connectivity index (χ0n) is 10.8. The average Bonchev–Trinajstić information content (AvgIpc) is 2.98. The predicted octanol–water partition coefficient (Wildman–Crippen LogP) is 2.17. The summed E-state index contributed by atoms with van der Waals surface area (Å²) in [6, 6.07) is 3.10. The monoisotopic (exact) mass is 271 g/mol. The number of nitrogens with zero attached hydrogens (tertiary/aromatic N) is 2. The number of benzene rings is 1. The third-order valence-electron chi connectivity index (χ3n) is 3.39. The molecule has 7 nitrogen and oxygen atoms in total. The molecule has 2 aromatic rings. The highest BCUT2D eigenvalue weighted by molar-refractivity contribution is 5.99. The molecular formula is C13H13N5O2. The summed E-state index contributed by atoms with van der Waals surface area (Å²) in [5.74, 6) is 0. The molecule has 20 heavy (non-hydrogen) atoms. The van der Waals surface area contributed by atoms with Gasteiger partial charge in [-0.3, -0.25) is 10.1 Å². The molecule has 1 aromatic heterocycles. The number of nitrogens with one attached hydrogen (secondary N) is 2. The number of aryl methyl sites for hydroxylation is 1. The van der Waals surface area contributed by atoms with Crippen molar-refractivity contribution in [3.05, 3.63) is 45.5 Å². The number of nitrogen functional groups attached to an aromatic ring is 1. The Labute approximate surface area is 114 Å². The maximum Gasteiger partial charge on any atom is 0.292 e. The van der Waals surface area contributed by atoms with Crippen LogP contribution in [0.4, 0.5) is 17.1 Å². The van der Waals surface area contributed by atoms with E-state index in [4.69, 9.17) is 5.73 Å². The fraction of sp³-hybridized carbons (Fsp3) is 0.154. The third kappa shape index (κ3) is 1.80. The molecule has 0 atom stereocenters. The Balaban J connectivity index is 2.14. The molecule has 0 unspecified atom stereocenters. The Morgan fingerprint density at radius 1 is 1.50 bits per heavy atom. The molecule has 1 aliphatic rings. The van der Waals surface area contributed by atoms with Gasteiger partial charge in [-0.15, -0.1) is 0 Å². The van der Waals surface area contributed by atoms with Crippen molar-refractivity contribution in [2.45, 2.75) is 6.92 Å². The summed E-state index contributed by atoms with van der Waals surface area (Å²) >= 11 is 0. The average molecular weight is 271 g/mol. The van der Waals surface area contributed by atoms with Crippen LogP contribution in [0.3, 0.4) is 0 Å². The molecule has 0 fully saturated rings. The highest BCUT2D eigenvalue weighted by atomic mass is 16.6. The first kappa shape index (κ1) is 12.2. The maximum atomic E-state index is 11.0. The second-order valence-electron chi connectivity index (χ2n) is 4.61. The number of imidazole rings is 1. The summed E-state index contributed by atoms with van der Waals surface area (Å²) in [4.78, 5) is 17.7. The molecule has 4 N–H and O–H groups in total. The highest BCUT2D eigenvalue weighted by Crippen LogP contribution is 2.40. The van der Waals surface area contributed by atoms with E-state index in [2.05, 4.69) is 15.3 Å². The van der Waals surface area contributed by atoms with Gasteiger partial charge in [-0.2, -0.15) is 0 Å². The van der Waals surface area contributed by atoms with Crippen molar-refractivity contribution in [3.63, 3.8) is 0 Å². The molecule has 3 rings (SSSR count). The van der Waals surface area contributed by atoms with Crippen LogP contribution >= 0.6 is 0 Å². The second kappa shape index (κ2) is 4.37. The molecule has 0 aliphatic carbocycles. The summed E-state index contributed by atoms with van der Waals surface area (Å²) in [5, 5.41) is 14.1. The number of hydrogen-bond donors (Lipinski definition) is 3. The van der Waals surface area contributed by atoms with Gasteiger partial charge in [0, 0.05) is 29.6 Å². The van der Waals surface area contributed by atoms with E-state index in [9.17, 15) is 10.1 Å². The number of rotatable bonds is 2. The summed E-state index contributed by atoms with van der Waals surface area (Å²) in [6.45, 7) is 2.49. The van der Waals surface area contributed by atoms with E-state index in [-0.39, 0.29) is 11.4 Å². The van der Waals surface area contributed by atoms with E-state index in [0.29, 0.717) is 12.1 Å². The topological polar surface area (TPSA) is 110 Å². The number of nitro benzene ring substituents is 1. The minimum Gasteiger partial charge on any atom is -0.393 e. The SMILES string of the molecule is Cc1[nH]cnc1/C=C1\CNc2ccc([N+](=O)[O-])c(N)c21.